The number of benzene rings is 2. The van der Waals surface area contributed by atoms with Gasteiger partial charge in [-0.25, -0.2) is 4.39 Å². The minimum atomic E-state index is -0.136. The topological polar surface area (TPSA) is 12.0 Å². The van der Waals surface area contributed by atoms with Gasteiger partial charge in [0.1, 0.15) is 5.82 Å². The first-order valence-electron chi connectivity index (χ1n) is 6.38. The molecule has 0 atom stereocenters. The molecule has 0 aromatic heterocycles. The second kappa shape index (κ2) is 4.45. The summed E-state index contributed by atoms with van der Waals surface area (Å²) >= 11 is 0. The summed E-state index contributed by atoms with van der Waals surface area (Å²) in [4.78, 5) is 0. The van der Waals surface area contributed by atoms with Gasteiger partial charge in [0.15, 0.2) is 0 Å². The first kappa shape index (κ1) is 11.3. The first-order valence-corrected chi connectivity index (χ1v) is 6.38. The van der Waals surface area contributed by atoms with Gasteiger partial charge in [0.2, 0.25) is 0 Å². The summed E-state index contributed by atoms with van der Waals surface area (Å²) in [6, 6.07) is 11.6. The third-order valence-corrected chi connectivity index (χ3v) is 3.62. The number of nitrogens with one attached hydrogen (secondary N) is 1. The molecule has 2 aromatic carbocycles. The zero-order valence-corrected chi connectivity index (χ0v) is 10.5. The molecule has 0 unspecified atom stereocenters. The van der Waals surface area contributed by atoms with Crippen molar-refractivity contribution in [1.82, 2.24) is 0 Å². The molecule has 0 aliphatic carbocycles. The molecule has 1 aliphatic heterocycles. The third kappa shape index (κ3) is 1.88. The normalized spacial score (nSPS) is 13.9. The van der Waals surface area contributed by atoms with Crippen LogP contribution in [0.2, 0.25) is 0 Å². The van der Waals surface area contributed by atoms with Crippen LogP contribution in [0.3, 0.4) is 0 Å². The number of halogens is 1. The molecule has 0 amide bonds. The van der Waals surface area contributed by atoms with E-state index in [1.807, 2.05) is 13.0 Å². The SMILES string of the molecule is Cc1c(F)cccc1-c1ccc2c(c1)CCCN2. The Kier molecular flexibility index (Phi) is 2.78. The van der Waals surface area contributed by atoms with Crippen LogP contribution in [0.1, 0.15) is 17.5 Å². The molecule has 18 heavy (non-hydrogen) atoms. The van der Waals surface area contributed by atoms with E-state index in [9.17, 15) is 4.39 Å². The highest BCUT2D eigenvalue weighted by Gasteiger charge is 2.11. The highest BCUT2D eigenvalue weighted by Crippen LogP contribution is 2.30. The molecule has 0 spiro atoms. The molecule has 2 aromatic rings. The number of fused-ring (bicyclic) bond motifs is 1. The summed E-state index contributed by atoms with van der Waals surface area (Å²) in [6.45, 7) is 2.88. The van der Waals surface area contributed by atoms with Gasteiger partial charge in [-0.1, -0.05) is 18.2 Å². The molecule has 0 radical (unpaired) electrons. The largest absolute Gasteiger partial charge is 0.385 e. The Hall–Kier alpha value is -1.83. The van der Waals surface area contributed by atoms with Gasteiger partial charge in [-0.15, -0.1) is 0 Å². The summed E-state index contributed by atoms with van der Waals surface area (Å²) in [6.07, 6.45) is 2.27. The van der Waals surface area contributed by atoms with Crippen molar-refractivity contribution in [1.29, 1.82) is 0 Å². The van der Waals surface area contributed by atoms with Gasteiger partial charge in [-0.2, -0.15) is 0 Å². The third-order valence-electron chi connectivity index (χ3n) is 3.62. The zero-order chi connectivity index (χ0) is 12.5. The lowest BCUT2D eigenvalue weighted by Crippen LogP contribution is -2.11. The van der Waals surface area contributed by atoms with Crippen LogP contribution in [0.15, 0.2) is 36.4 Å². The Bertz CT molecular complexity index is 590. The van der Waals surface area contributed by atoms with E-state index in [2.05, 4.69) is 23.5 Å². The molecule has 1 heterocycles. The predicted octanol–water partition coefficient (Wildman–Crippen LogP) is 4.16. The molecule has 1 N–H and O–H groups in total. The van der Waals surface area contributed by atoms with Crippen LogP contribution in [-0.4, -0.2) is 6.54 Å². The van der Waals surface area contributed by atoms with Crippen LogP contribution in [0.25, 0.3) is 11.1 Å². The summed E-state index contributed by atoms with van der Waals surface area (Å²) in [5, 5.41) is 3.39. The van der Waals surface area contributed by atoms with E-state index >= 15 is 0 Å². The molecule has 92 valence electrons. The van der Waals surface area contributed by atoms with Crippen molar-refractivity contribution >= 4 is 5.69 Å². The number of anilines is 1. The van der Waals surface area contributed by atoms with Gasteiger partial charge in [0.05, 0.1) is 0 Å². The van der Waals surface area contributed by atoms with Crippen molar-refractivity contribution < 1.29 is 4.39 Å². The van der Waals surface area contributed by atoms with Gasteiger partial charge in [0, 0.05) is 12.2 Å². The highest BCUT2D eigenvalue weighted by molar-refractivity contribution is 5.71. The number of aryl methyl sites for hydroxylation is 1. The predicted molar refractivity (Wildman–Crippen MR) is 73.4 cm³/mol. The first-order chi connectivity index (χ1) is 8.75. The quantitative estimate of drug-likeness (QED) is 0.790. The van der Waals surface area contributed by atoms with E-state index in [1.54, 1.807) is 6.07 Å². The molecule has 1 nitrogen and oxygen atoms in total. The van der Waals surface area contributed by atoms with E-state index < -0.39 is 0 Å². The fourth-order valence-corrected chi connectivity index (χ4v) is 2.56. The molecule has 3 rings (SSSR count). The Labute approximate surface area is 107 Å². The van der Waals surface area contributed by atoms with Gasteiger partial charge >= 0.3 is 0 Å². The Morgan fingerprint density at radius 1 is 1.17 bits per heavy atom. The average Bonchev–Trinajstić information content (AvgIpc) is 2.41. The van der Waals surface area contributed by atoms with E-state index in [1.165, 1.54) is 23.7 Å². The van der Waals surface area contributed by atoms with E-state index in [4.69, 9.17) is 0 Å². The van der Waals surface area contributed by atoms with Crippen molar-refractivity contribution in [3.05, 3.63) is 53.3 Å². The second-order valence-electron chi connectivity index (χ2n) is 4.81. The minimum absolute atomic E-state index is 0.136. The monoisotopic (exact) mass is 241 g/mol. The maximum Gasteiger partial charge on any atom is 0.126 e. The summed E-state index contributed by atoms with van der Waals surface area (Å²) in [7, 11) is 0. The maximum atomic E-state index is 13.6. The lowest BCUT2D eigenvalue weighted by molar-refractivity contribution is 0.619. The van der Waals surface area contributed by atoms with Gasteiger partial charge in [-0.05, 0) is 60.2 Å². The van der Waals surface area contributed by atoms with E-state index in [0.29, 0.717) is 0 Å². The molecule has 0 fully saturated rings. The van der Waals surface area contributed by atoms with E-state index in [-0.39, 0.29) is 5.82 Å². The number of hydrogen-bond donors (Lipinski definition) is 1. The smallest absolute Gasteiger partial charge is 0.126 e. The van der Waals surface area contributed by atoms with Crippen molar-refractivity contribution in [3.8, 4) is 11.1 Å². The second-order valence-corrected chi connectivity index (χ2v) is 4.81. The molecule has 0 saturated heterocycles. The standard InChI is InChI=1S/C16H16FN/c1-11-14(5-2-6-15(11)17)12-7-8-16-13(10-12)4-3-9-18-16/h2,5-8,10,18H,3-4,9H2,1H3. The van der Waals surface area contributed by atoms with Gasteiger partial charge in [-0.3, -0.25) is 0 Å². The minimum Gasteiger partial charge on any atom is -0.385 e. The van der Waals surface area contributed by atoms with Gasteiger partial charge < -0.3 is 5.32 Å². The molecular formula is C16H16FN. The highest BCUT2D eigenvalue weighted by atomic mass is 19.1. The van der Waals surface area contributed by atoms with Crippen LogP contribution in [0, 0.1) is 12.7 Å². The van der Waals surface area contributed by atoms with Crippen LogP contribution < -0.4 is 5.32 Å². The van der Waals surface area contributed by atoms with E-state index in [0.717, 1.165) is 29.7 Å². The fraction of sp³-hybridized carbons (Fsp3) is 0.250. The molecule has 0 saturated carbocycles. The lowest BCUT2D eigenvalue weighted by atomic mass is 9.95. The van der Waals surface area contributed by atoms with Gasteiger partial charge in [0.25, 0.3) is 0 Å². The number of hydrogen-bond acceptors (Lipinski definition) is 1. The summed E-state index contributed by atoms with van der Waals surface area (Å²) < 4.78 is 13.6. The molecular weight excluding hydrogens is 225 g/mol. The lowest BCUT2D eigenvalue weighted by Gasteiger charge is -2.19. The summed E-state index contributed by atoms with van der Waals surface area (Å²) in [5.41, 5.74) is 5.38. The van der Waals surface area contributed by atoms with Crippen molar-refractivity contribution in [3.63, 3.8) is 0 Å². The maximum absolute atomic E-state index is 13.6. The Morgan fingerprint density at radius 3 is 2.94 bits per heavy atom. The van der Waals surface area contributed by atoms with Crippen molar-refractivity contribution in [2.24, 2.45) is 0 Å². The van der Waals surface area contributed by atoms with Crippen molar-refractivity contribution in [2.45, 2.75) is 19.8 Å². The van der Waals surface area contributed by atoms with Crippen LogP contribution in [0.4, 0.5) is 10.1 Å². The Balaban J connectivity index is 2.09. The Morgan fingerprint density at radius 2 is 2.06 bits per heavy atom. The zero-order valence-electron chi connectivity index (χ0n) is 10.5. The summed E-state index contributed by atoms with van der Waals surface area (Å²) in [5.74, 6) is -0.136. The number of rotatable bonds is 1. The van der Waals surface area contributed by atoms with Crippen LogP contribution in [-0.2, 0) is 6.42 Å². The fourth-order valence-electron chi connectivity index (χ4n) is 2.56. The molecule has 0 bridgehead atoms. The van der Waals surface area contributed by atoms with Crippen LogP contribution >= 0.6 is 0 Å². The molecule has 2 heteroatoms. The average molecular weight is 241 g/mol. The van der Waals surface area contributed by atoms with Crippen LogP contribution in [0.5, 0.6) is 0 Å². The van der Waals surface area contributed by atoms with Crippen molar-refractivity contribution in [2.75, 3.05) is 11.9 Å². The molecule has 1 aliphatic rings.